The van der Waals surface area contributed by atoms with Gasteiger partial charge in [0.05, 0.1) is 18.5 Å². The summed E-state index contributed by atoms with van der Waals surface area (Å²) in [6.45, 7) is 0. The van der Waals surface area contributed by atoms with Gasteiger partial charge in [-0.05, 0) is 43.2 Å². The van der Waals surface area contributed by atoms with Crippen LogP contribution in [0.1, 0.15) is 32.1 Å². The molecule has 30 heavy (non-hydrogen) atoms. The van der Waals surface area contributed by atoms with Crippen LogP contribution in [-0.4, -0.2) is 32.1 Å². The maximum atomic E-state index is 11.4. The zero-order chi connectivity index (χ0) is 20.7. The number of nitrogens with two attached hydrogens (primary N) is 1. The van der Waals surface area contributed by atoms with Gasteiger partial charge in [0.25, 0.3) is 0 Å². The van der Waals surface area contributed by atoms with Gasteiger partial charge in [-0.2, -0.15) is 4.98 Å². The fraction of sp³-hybridized carbons (Fsp3) is 0.350. The van der Waals surface area contributed by atoms with Crippen LogP contribution in [0.5, 0.6) is 0 Å². The highest BCUT2D eigenvalue weighted by molar-refractivity contribution is 7.89. The molecule has 156 valence electrons. The van der Waals surface area contributed by atoms with Crippen LogP contribution in [0, 0.1) is 0 Å². The van der Waals surface area contributed by atoms with Crippen molar-refractivity contribution in [2.24, 2.45) is 10.2 Å². The molecule has 1 atom stereocenters. The number of hydrazone groups is 1. The molecule has 1 aliphatic heterocycles. The van der Waals surface area contributed by atoms with Crippen LogP contribution in [0.3, 0.4) is 0 Å². The Kier molecular flexibility index (Phi) is 4.76. The summed E-state index contributed by atoms with van der Waals surface area (Å²) in [6, 6.07) is 9.08. The van der Waals surface area contributed by atoms with E-state index in [1.165, 1.54) is 6.42 Å². The normalized spacial score (nSPS) is 18.4. The molecule has 0 amide bonds. The lowest BCUT2D eigenvalue weighted by atomic mass is 9.80. The third-order valence-corrected chi connectivity index (χ3v) is 6.59. The summed E-state index contributed by atoms with van der Waals surface area (Å²) in [5, 5.41) is 14.1. The topological polar surface area (TPSA) is 125 Å². The molecule has 1 aromatic carbocycles. The van der Waals surface area contributed by atoms with E-state index in [1.807, 2.05) is 12.3 Å². The van der Waals surface area contributed by atoms with Gasteiger partial charge in [-0.25, -0.2) is 4.98 Å². The Bertz CT molecular complexity index is 1100. The summed E-state index contributed by atoms with van der Waals surface area (Å²) in [7, 11) is 1.67. The van der Waals surface area contributed by atoms with E-state index < -0.39 is 11.4 Å². The average Bonchev–Trinajstić information content (AvgIpc) is 3.14. The molecule has 9 nitrogen and oxygen atoms in total. The maximum Gasteiger partial charge on any atom is 0.232 e. The number of anilines is 3. The Morgan fingerprint density at radius 3 is 2.70 bits per heavy atom. The van der Waals surface area contributed by atoms with Crippen LogP contribution in [0.4, 0.5) is 17.5 Å². The van der Waals surface area contributed by atoms with Crippen molar-refractivity contribution in [2.45, 2.75) is 42.5 Å². The number of hydrogen-bond acceptors (Lipinski definition) is 8. The second-order valence-electron chi connectivity index (χ2n) is 7.61. The number of nitrogens with one attached hydrogen (secondary N) is 2. The molecule has 0 radical (unpaired) electrons. The highest BCUT2D eigenvalue weighted by Crippen LogP contribution is 2.43. The monoisotopic (exact) mass is 425 g/mol. The molecular formula is C20H23N7O2S. The Morgan fingerprint density at radius 2 is 2.00 bits per heavy atom. The minimum atomic E-state index is -1.50. The van der Waals surface area contributed by atoms with Gasteiger partial charge in [0.2, 0.25) is 11.8 Å². The average molecular weight is 426 g/mol. The van der Waals surface area contributed by atoms with Crippen LogP contribution in [-0.2, 0) is 21.6 Å². The van der Waals surface area contributed by atoms with E-state index in [-0.39, 0.29) is 5.54 Å². The third kappa shape index (κ3) is 3.08. The largest absolute Gasteiger partial charge is 0.593 e. The van der Waals surface area contributed by atoms with E-state index in [4.69, 9.17) is 14.9 Å². The Morgan fingerprint density at radius 1 is 1.23 bits per heavy atom. The standard InChI is InChI=1S/C20H23N7O2S/c1-29-18-20(9-3-2-4-10-20)27-16(25-26-18)11-13-12-22-19(24-17(13)27)23-14-5-7-15(8-6-14)30(21)28/h5-8,11-12,25H,2-4,9-10,21H2,1H3,(H,22,23,24). The lowest BCUT2D eigenvalue weighted by Crippen LogP contribution is -2.47. The van der Waals surface area contributed by atoms with Gasteiger partial charge in [0.1, 0.15) is 17.0 Å². The molecule has 1 fully saturated rings. The van der Waals surface area contributed by atoms with Crippen molar-refractivity contribution in [1.82, 2.24) is 14.5 Å². The van der Waals surface area contributed by atoms with E-state index in [1.54, 1.807) is 31.4 Å². The van der Waals surface area contributed by atoms with Crippen LogP contribution < -0.4 is 15.9 Å². The number of benzene rings is 1. The van der Waals surface area contributed by atoms with Gasteiger partial charge >= 0.3 is 0 Å². The highest BCUT2D eigenvalue weighted by atomic mass is 32.2. The molecule has 1 saturated carbocycles. The fourth-order valence-corrected chi connectivity index (χ4v) is 4.89. The maximum absolute atomic E-state index is 11.4. The number of hydrogen-bond donors (Lipinski definition) is 3. The van der Waals surface area contributed by atoms with Gasteiger partial charge in [-0.15, -0.1) is 10.2 Å². The van der Waals surface area contributed by atoms with Crippen molar-refractivity contribution in [1.29, 1.82) is 0 Å². The third-order valence-electron chi connectivity index (χ3n) is 5.86. The van der Waals surface area contributed by atoms with Crippen molar-refractivity contribution in [3.05, 3.63) is 36.5 Å². The van der Waals surface area contributed by atoms with Crippen molar-refractivity contribution in [3.63, 3.8) is 0 Å². The van der Waals surface area contributed by atoms with E-state index in [0.717, 1.165) is 48.2 Å². The van der Waals surface area contributed by atoms with Crippen LogP contribution in [0.2, 0.25) is 0 Å². The van der Waals surface area contributed by atoms with Crippen molar-refractivity contribution in [2.75, 3.05) is 17.9 Å². The molecule has 1 unspecified atom stereocenters. The second-order valence-corrected chi connectivity index (χ2v) is 8.68. The minimum Gasteiger partial charge on any atom is -0.593 e. The van der Waals surface area contributed by atoms with E-state index in [2.05, 4.69) is 25.4 Å². The first-order chi connectivity index (χ1) is 14.6. The van der Waals surface area contributed by atoms with Gasteiger partial charge in [0.15, 0.2) is 4.90 Å². The van der Waals surface area contributed by atoms with Gasteiger partial charge in [-0.3, -0.25) is 9.99 Å². The number of methoxy groups -OCH3 is 1. The molecule has 10 heteroatoms. The molecule has 3 heterocycles. The summed E-state index contributed by atoms with van der Waals surface area (Å²) in [4.78, 5) is 9.85. The lowest BCUT2D eigenvalue weighted by molar-refractivity contribution is 0.225. The first-order valence-corrected chi connectivity index (χ1v) is 11.1. The van der Waals surface area contributed by atoms with Crippen molar-refractivity contribution < 1.29 is 9.29 Å². The second kappa shape index (κ2) is 7.46. The predicted molar refractivity (Wildman–Crippen MR) is 117 cm³/mol. The zero-order valence-corrected chi connectivity index (χ0v) is 17.4. The Balaban J connectivity index is 1.55. The number of fused-ring (bicyclic) bond motifs is 4. The quantitative estimate of drug-likeness (QED) is 0.550. The van der Waals surface area contributed by atoms with Gasteiger partial charge < -0.3 is 14.6 Å². The molecule has 1 aliphatic carbocycles. The highest BCUT2D eigenvalue weighted by Gasteiger charge is 2.45. The molecular weight excluding hydrogens is 402 g/mol. The fourth-order valence-electron chi connectivity index (χ4n) is 4.48. The van der Waals surface area contributed by atoms with Gasteiger partial charge in [-0.1, -0.05) is 19.3 Å². The number of aromatic nitrogens is 3. The summed E-state index contributed by atoms with van der Waals surface area (Å²) >= 11 is -1.50. The summed E-state index contributed by atoms with van der Waals surface area (Å²) in [5.74, 6) is 2.08. The SMILES string of the molecule is COC1=NNc2cc3cnc(Nc4ccc([S+](N)[O-])cc4)nc3n2C12CCCCC2. The minimum absolute atomic E-state index is 0.326. The molecule has 1 spiro atoms. The predicted octanol–water partition coefficient (Wildman–Crippen LogP) is 3.20. The summed E-state index contributed by atoms with van der Waals surface area (Å²) in [5.41, 5.74) is 4.41. The number of ether oxygens (including phenoxy) is 1. The smallest absolute Gasteiger partial charge is 0.232 e. The Labute approximate surface area is 177 Å². The molecule has 3 aromatic rings. The van der Waals surface area contributed by atoms with E-state index in [0.29, 0.717) is 16.7 Å². The first kappa shape index (κ1) is 19.2. The molecule has 2 aliphatic rings. The van der Waals surface area contributed by atoms with Crippen LogP contribution in [0.25, 0.3) is 11.0 Å². The summed E-state index contributed by atoms with van der Waals surface area (Å²) in [6.07, 6.45) is 7.18. The zero-order valence-electron chi connectivity index (χ0n) is 16.6. The molecule has 0 bridgehead atoms. The van der Waals surface area contributed by atoms with Crippen molar-refractivity contribution >= 4 is 45.7 Å². The molecule has 2 aromatic heterocycles. The van der Waals surface area contributed by atoms with Crippen LogP contribution in [0.15, 0.2) is 46.5 Å². The number of rotatable bonds is 3. The number of nitrogens with zero attached hydrogens (tertiary/aromatic N) is 4. The van der Waals surface area contributed by atoms with Gasteiger partial charge in [0, 0.05) is 17.3 Å². The lowest BCUT2D eigenvalue weighted by Gasteiger charge is -2.41. The van der Waals surface area contributed by atoms with Crippen LogP contribution >= 0.6 is 0 Å². The molecule has 5 rings (SSSR count). The first-order valence-electron chi connectivity index (χ1n) is 9.91. The van der Waals surface area contributed by atoms with E-state index in [9.17, 15) is 4.55 Å². The molecule has 4 N–H and O–H groups in total. The Hall–Kier alpha value is -2.82. The molecule has 0 saturated heterocycles. The van der Waals surface area contributed by atoms with E-state index >= 15 is 0 Å². The van der Waals surface area contributed by atoms with Crippen molar-refractivity contribution in [3.8, 4) is 0 Å². The summed E-state index contributed by atoms with van der Waals surface area (Å²) < 4.78 is 19.3.